The number of amides is 1. The minimum atomic E-state index is -0.867. The van der Waals surface area contributed by atoms with E-state index in [0.717, 1.165) is 22.6 Å². The van der Waals surface area contributed by atoms with Gasteiger partial charge in [0.25, 0.3) is 6.02 Å². The minimum Gasteiger partial charge on any atom is -0.461 e. The summed E-state index contributed by atoms with van der Waals surface area (Å²) >= 11 is 0. The van der Waals surface area contributed by atoms with Gasteiger partial charge in [-0.15, -0.1) is 0 Å². The minimum absolute atomic E-state index is 0.0409. The number of nitrogens with two attached hydrogens (primary N) is 2. The highest BCUT2D eigenvalue weighted by Gasteiger charge is 2.30. The van der Waals surface area contributed by atoms with Crippen molar-refractivity contribution in [3.05, 3.63) is 42.3 Å². The Morgan fingerprint density at radius 1 is 1.16 bits per heavy atom. The smallest absolute Gasteiger partial charge is 0.282 e. The summed E-state index contributed by atoms with van der Waals surface area (Å²) in [6.45, 7) is 6.72. The molecule has 0 atom stereocenters. The summed E-state index contributed by atoms with van der Waals surface area (Å²) in [5.74, 6) is 0.701. The van der Waals surface area contributed by atoms with Crippen LogP contribution in [0.3, 0.4) is 0 Å². The zero-order valence-electron chi connectivity index (χ0n) is 18.4. The number of hydrogen-bond donors (Lipinski definition) is 2. The van der Waals surface area contributed by atoms with E-state index in [9.17, 15) is 4.79 Å². The van der Waals surface area contributed by atoms with E-state index >= 15 is 0 Å². The number of nitrogens with zero attached hydrogens (tertiary/aromatic N) is 6. The summed E-state index contributed by atoms with van der Waals surface area (Å²) in [4.78, 5) is 34.5. The van der Waals surface area contributed by atoms with Gasteiger partial charge in [0.05, 0.1) is 24.0 Å². The molecule has 2 aliphatic heterocycles. The molecule has 0 radical (unpaired) electrons. The van der Waals surface area contributed by atoms with Crippen LogP contribution in [0.5, 0.6) is 0 Å². The highest BCUT2D eigenvalue weighted by atomic mass is 16.5. The van der Waals surface area contributed by atoms with Gasteiger partial charge in [-0.1, -0.05) is 12.2 Å². The number of ether oxygens (including phenoxy) is 1. The summed E-state index contributed by atoms with van der Waals surface area (Å²) in [5.41, 5.74) is 13.7. The predicted molar refractivity (Wildman–Crippen MR) is 124 cm³/mol. The number of anilines is 1. The monoisotopic (exact) mass is 436 g/mol. The van der Waals surface area contributed by atoms with E-state index in [4.69, 9.17) is 26.2 Å². The zero-order valence-corrected chi connectivity index (χ0v) is 18.4. The molecule has 1 fully saturated rings. The van der Waals surface area contributed by atoms with E-state index in [1.807, 2.05) is 30.4 Å². The molecule has 0 saturated carbocycles. The number of allylic oxidation sites excluding steroid dienone is 2. The number of amidine groups is 1. The first-order valence-electron chi connectivity index (χ1n) is 10.6. The van der Waals surface area contributed by atoms with Gasteiger partial charge in [0.15, 0.2) is 5.65 Å². The second-order valence-corrected chi connectivity index (χ2v) is 8.32. The molecule has 168 valence electrons. The highest BCUT2D eigenvalue weighted by Crippen LogP contribution is 2.21. The fourth-order valence-corrected chi connectivity index (χ4v) is 3.59. The Morgan fingerprint density at radius 2 is 1.94 bits per heavy atom. The summed E-state index contributed by atoms with van der Waals surface area (Å²) < 4.78 is 5.27. The van der Waals surface area contributed by atoms with Crippen LogP contribution in [-0.4, -0.2) is 76.7 Å². The molecule has 0 spiro atoms. The number of fused-ring (bicyclic) bond motifs is 1. The van der Waals surface area contributed by atoms with E-state index in [1.165, 1.54) is 0 Å². The number of aliphatic imine (C=N–C) groups is 1. The van der Waals surface area contributed by atoms with E-state index in [-0.39, 0.29) is 11.9 Å². The van der Waals surface area contributed by atoms with Gasteiger partial charge in [0.2, 0.25) is 5.91 Å². The zero-order chi connectivity index (χ0) is 22.7. The third-order valence-electron chi connectivity index (χ3n) is 5.32. The highest BCUT2D eigenvalue weighted by molar-refractivity contribution is 5.85. The van der Waals surface area contributed by atoms with Gasteiger partial charge in [0, 0.05) is 26.2 Å². The van der Waals surface area contributed by atoms with E-state index in [0.29, 0.717) is 45.0 Å². The number of carbonyl (C=O) groups excluding carboxylic acids is 1. The average Bonchev–Trinajstić information content (AvgIpc) is 2.89. The SMILES string of the molecule is CC(C)(N)C(=O)N1CCN(c2cnc3ccc(C4=C/C/N=C(/N)OC/C=C\4)nc3n2)CC1. The molecule has 0 bridgehead atoms. The second kappa shape index (κ2) is 8.91. The maximum absolute atomic E-state index is 12.4. The van der Waals surface area contributed by atoms with Crippen LogP contribution < -0.4 is 16.4 Å². The van der Waals surface area contributed by atoms with Gasteiger partial charge >= 0.3 is 0 Å². The maximum atomic E-state index is 12.4. The van der Waals surface area contributed by atoms with Crippen molar-refractivity contribution in [2.45, 2.75) is 19.4 Å². The predicted octanol–water partition coefficient (Wildman–Crippen LogP) is 0.695. The van der Waals surface area contributed by atoms with Crippen LogP contribution in [0.4, 0.5) is 5.82 Å². The van der Waals surface area contributed by atoms with Crippen molar-refractivity contribution in [1.29, 1.82) is 0 Å². The number of rotatable bonds is 3. The number of piperazine rings is 1. The molecular weight excluding hydrogens is 408 g/mol. The van der Waals surface area contributed by atoms with Gasteiger partial charge in [-0.2, -0.15) is 0 Å². The summed E-state index contributed by atoms with van der Waals surface area (Å²) in [6.07, 6.45) is 7.51. The molecule has 1 amide bonds. The Hall–Kier alpha value is -3.53. The van der Waals surface area contributed by atoms with Crippen molar-refractivity contribution in [2.75, 3.05) is 44.2 Å². The van der Waals surface area contributed by atoms with E-state index in [2.05, 4.69) is 14.9 Å². The lowest BCUT2D eigenvalue weighted by Gasteiger charge is -2.37. The first-order valence-corrected chi connectivity index (χ1v) is 10.6. The maximum Gasteiger partial charge on any atom is 0.282 e. The van der Waals surface area contributed by atoms with Crippen LogP contribution >= 0.6 is 0 Å². The van der Waals surface area contributed by atoms with Gasteiger partial charge < -0.3 is 26.0 Å². The first kappa shape index (κ1) is 21.7. The number of aromatic nitrogens is 3. The second-order valence-electron chi connectivity index (χ2n) is 8.32. The quantitative estimate of drug-likeness (QED) is 0.717. The van der Waals surface area contributed by atoms with E-state index < -0.39 is 5.54 Å². The molecule has 0 aromatic carbocycles. The molecule has 10 heteroatoms. The normalized spacial score (nSPS) is 22.0. The molecule has 32 heavy (non-hydrogen) atoms. The molecule has 1 saturated heterocycles. The number of pyridine rings is 1. The molecular formula is C22H28N8O2. The van der Waals surface area contributed by atoms with Crippen molar-refractivity contribution >= 4 is 34.5 Å². The Balaban J connectivity index is 1.54. The Kier molecular flexibility index (Phi) is 6.04. The summed E-state index contributed by atoms with van der Waals surface area (Å²) in [7, 11) is 0. The van der Waals surface area contributed by atoms with Crippen LogP contribution in [0.15, 0.2) is 41.6 Å². The molecule has 4 rings (SSSR count). The first-order chi connectivity index (χ1) is 15.3. The Morgan fingerprint density at radius 3 is 2.69 bits per heavy atom. The van der Waals surface area contributed by atoms with Gasteiger partial charge in [-0.25, -0.2) is 19.9 Å². The molecule has 2 aromatic heterocycles. The molecule has 10 nitrogen and oxygen atoms in total. The van der Waals surface area contributed by atoms with Gasteiger partial charge in [-0.05, 0) is 37.6 Å². The van der Waals surface area contributed by atoms with Crippen molar-refractivity contribution in [3.63, 3.8) is 0 Å². The number of carbonyl (C=O) groups is 1. The van der Waals surface area contributed by atoms with Gasteiger partial charge in [0.1, 0.15) is 17.9 Å². The standard InChI is InChI=1S/C22H28N8O2/c1-22(2,24)20(31)30-11-9-29(10-12-30)18-14-26-17-6-5-16(27-19(17)28-18)15-4-3-13-32-21(23)25-8-7-15/h3-7,14H,8-13,24H2,1-2H3,(H2,23,25)/b4-3-,15-7+. The van der Waals surface area contributed by atoms with Crippen molar-refractivity contribution < 1.29 is 9.53 Å². The van der Waals surface area contributed by atoms with Crippen LogP contribution in [0.25, 0.3) is 16.7 Å². The molecule has 2 aliphatic rings. The van der Waals surface area contributed by atoms with E-state index in [1.54, 1.807) is 24.9 Å². The fraction of sp³-hybridized carbons (Fsp3) is 0.409. The third kappa shape index (κ3) is 4.86. The fourth-order valence-electron chi connectivity index (χ4n) is 3.59. The van der Waals surface area contributed by atoms with Gasteiger partial charge in [-0.3, -0.25) is 4.79 Å². The summed E-state index contributed by atoms with van der Waals surface area (Å²) in [5, 5.41) is 0. The molecule has 4 N–H and O–H groups in total. The lowest BCUT2D eigenvalue weighted by atomic mass is 10.0. The van der Waals surface area contributed by atoms with Crippen LogP contribution in [0, 0.1) is 0 Å². The average molecular weight is 437 g/mol. The molecule has 0 unspecified atom stereocenters. The lowest BCUT2D eigenvalue weighted by Crippen LogP contribution is -2.57. The van der Waals surface area contributed by atoms with Crippen LogP contribution in [0.2, 0.25) is 0 Å². The molecule has 4 heterocycles. The summed E-state index contributed by atoms with van der Waals surface area (Å²) in [6, 6.07) is 3.99. The Bertz CT molecular complexity index is 1090. The third-order valence-corrected chi connectivity index (χ3v) is 5.32. The largest absolute Gasteiger partial charge is 0.461 e. The van der Waals surface area contributed by atoms with Crippen molar-refractivity contribution in [1.82, 2.24) is 19.9 Å². The van der Waals surface area contributed by atoms with Crippen molar-refractivity contribution in [2.24, 2.45) is 16.5 Å². The molecule has 0 aliphatic carbocycles. The van der Waals surface area contributed by atoms with Crippen LogP contribution in [-0.2, 0) is 9.53 Å². The topological polar surface area (TPSA) is 136 Å². The molecule has 2 aromatic rings. The Labute approximate surface area is 186 Å². The lowest BCUT2D eigenvalue weighted by molar-refractivity contribution is -0.136. The number of hydrogen-bond acceptors (Lipinski definition) is 9. The van der Waals surface area contributed by atoms with Crippen LogP contribution in [0.1, 0.15) is 19.5 Å². The van der Waals surface area contributed by atoms with Crippen molar-refractivity contribution in [3.8, 4) is 0 Å².